The molecule has 1 aromatic carbocycles. The molecular weight excluding hydrogens is 248 g/mol. The fourth-order valence-electron chi connectivity index (χ4n) is 2.06. The number of nitrogens with one attached hydrogen (secondary N) is 1. The zero-order chi connectivity index (χ0) is 14.0. The second-order valence-electron chi connectivity index (χ2n) is 4.32. The number of piperazine rings is 1. The summed E-state index contributed by atoms with van der Waals surface area (Å²) in [5, 5.41) is 11.4. The minimum Gasteiger partial charge on any atom is -0.508 e. The summed E-state index contributed by atoms with van der Waals surface area (Å²) >= 11 is 0. The molecule has 1 aromatic rings. The van der Waals surface area contributed by atoms with E-state index in [-0.39, 0.29) is 12.3 Å². The predicted molar refractivity (Wildman–Crippen MR) is 66.4 cm³/mol. The van der Waals surface area contributed by atoms with Gasteiger partial charge in [0, 0.05) is 5.56 Å². The first-order chi connectivity index (χ1) is 9.02. The monoisotopic (exact) mass is 262 g/mol. The first kappa shape index (κ1) is 13.1. The zero-order valence-electron chi connectivity index (χ0n) is 10.4. The molecule has 6 nitrogen and oxygen atoms in total. The predicted octanol–water partition coefficient (Wildman–Crippen LogP) is 0.269. The van der Waals surface area contributed by atoms with Gasteiger partial charge in [-0.15, -0.1) is 0 Å². The van der Waals surface area contributed by atoms with Crippen molar-refractivity contribution >= 4 is 17.7 Å². The first-order valence-electron chi connectivity index (χ1n) is 5.96. The minimum absolute atomic E-state index is 0.0519. The Hall–Kier alpha value is -2.37. The maximum atomic E-state index is 12.3. The van der Waals surface area contributed by atoms with E-state index in [1.54, 1.807) is 6.92 Å². The van der Waals surface area contributed by atoms with E-state index in [0.29, 0.717) is 12.0 Å². The average molecular weight is 262 g/mol. The van der Waals surface area contributed by atoms with Gasteiger partial charge in [0.15, 0.2) is 0 Å². The Kier molecular flexibility index (Phi) is 3.50. The fraction of sp³-hybridized carbons (Fsp3) is 0.308. The number of phenols is 1. The topological polar surface area (TPSA) is 86.7 Å². The van der Waals surface area contributed by atoms with Crippen LogP contribution in [-0.4, -0.2) is 40.3 Å². The molecule has 0 radical (unpaired) electrons. The number of carbonyl (C=O) groups excluding carboxylic acids is 3. The van der Waals surface area contributed by atoms with Crippen molar-refractivity contribution in [1.82, 2.24) is 10.2 Å². The Morgan fingerprint density at radius 1 is 1.37 bits per heavy atom. The van der Waals surface area contributed by atoms with Crippen LogP contribution in [0.2, 0.25) is 0 Å². The lowest BCUT2D eigenvalue weighted by Crippen LogP contribution is -2.59. The van der Waals surface area contributed by atoms with Crippen LogP contribution < -0.4 is 5.32 Å². The van der Waals surface area contributed by atoms with Crippen molar-refractivity contribution in [1.29, 1.82) is 0 Å². The van der Waals surface area contributed by atoms with Gasteiger partial charge >= 0.3 is 0 Å². The van der Waals surface area contributed by atoms with Crippen LogP contribution >= 0.6 is 0 Å². The van der Waals surface area contributed by atoms with Crippen molar-refractivity contribution < 1.29 is 19.5 Å². The molecule has 1 heterocycles. The number of carbonyl (C=O) groups is 3. The van der Waals surface area contributed by atoms with E-state index >= 15 is 0 Å². The number of rotatable bonds is 2. The highest BCUT2D eigenvalue weighted by atomic mass is 16.3. The number of aromatic hydroxyl groups is 1. The van der Waals surface area contributed by atoms with E-state index in [0.717, 1.165) is 0 Å². The summed E-state index contributed by atoms with van der Waals surface area (Å²) in [5.74, 6) is -1.28. The molecule has 0 aromatic heterocycles. The van der Waals surface area contributed by atoms with Crippen molar-refractivity contribution in [3.63, 3.8) is 0 Å². The highest BCUT2D eigenvalue weighted by molar-refractivity contribution is 6.07. The molecule has 1 saturated heterocycles. The number of phenolic OH excluding ortho intramolecular Hbond substituents is 1. The Bertz CT molecular complexity index is 524. The van der Waals surface area contributed by atoms with Gasteiger partial charge in [0.05, 0.1) is 0 Å². The standard InChI is InChI=1S/C13H14N2O4/c1-2-10-12(18)14-11(17)7-15(10)13(19)8-3-5-9(16)6-4-8/h3-6,10,16H,2,7H2,1H3,(H,14,17,18). The fourth-order valence-corrected chi connectivity index (χ4v) is 2.06. The van der Waals surface area contributed by atoms with Crippen LogP contribution in [0.5, 0.6) is 5.75 Å². The molecule has 1 aliphatic rings. The summed E-state index contributed by atoms with van der Waals surface area (Å²) in [4.78, 5) is 36.6. The molecule has 0 bridgehead atoms. The van der Waals surface area contributed by atoms with Crippen molar-refractivity contribution in [3.8, 4) is 5.75 Å². The summed E-state index contributed by atoms with van der Waals surface area (Å²) in [5.41, 5.74) is 0.332. The molecule has 1 fully saturated rings. The number of hydrogen-bond donors (Lipinski definition) is 2. The first-order valence-corrected chi connectivity index (χ1v) is 5.96. The van der Waals surface area contributed by atoms with Crippen LogP contribution in [-0.2, 0) is 9.59 Å². The van der Waals surface area contributed by atoms with E-state index in [9.17, 15) is 19.5 Å². The molecule has 1 unspecified atom stereocenters. The molecule has 0 aliphatic carbocycles. The summed E-state index contributed by atoms with van der Waals surface area (Å²) in [7, 11) is 0. The van der Waals surface area contributed by atoms with E-state index in [1.807, 2.05) is 0 Å². The molecule has 1 aliphatic heterocycles. The van der Waals surface area contributed by atoms with Gasteiger partial charge in [-0.1, -0.05) is 6.92 Å². The van der Waals surface area contributed by atoms with Crippen LogP contribution in [0, 0.1) is 0 Å². The molecule has 0 saturated carbocycles. The molecule has 100 valence electrons. The highest BCUT2D eigenvalue weighted by Gasteiger charge is 2.35. The van der Waals surface area contributed by atoms with Gasteiger partial charge in [-0.2, -0.15) is 0 Å². The van der Waals surface area contributed by atoms with Crippen LogP contribution in [0.15, 0.2) is 24.3 Å². The van der Waals surface area contributed by atoms with Crippen LogP contribution in [0.3, 0.4) is 0 Å². The van der Waals surface area contributed by atoms with E-state index in [2.05, 4.69) is 5.32 Å². The number of amides is 3. The molecule has 2 N–H and O–H groups in total. The lowest BCUT2D eigenvalue weighted by molar-refractivity contribution is -0.138. The molecule has 2 rings (SSSR count). The number of benzene rings is 1. The SMILES string of the molecule is CCC1C(=O)NC(=O)CN1C(=O)c1ccc(O)cc1. The zero-order valence-corrected chi connectivity index (χ0v) is 10.4. The average Bonchev–Trinajstić information content (AvgIpc) is 2.38. The third-order valence-corrected chi connectivity index (χ3v) is 3.02. The van der Waals surface area contributed by atoms with Gasteiger partial charge in [0.25, 0.3) is 5.91 Å². The molecule has 6 heteroatoms. The van der Waals surface area contributed by atoms with Gasteiger partial charge in [0.1, 0.15) is 18.3 Å². The quantitative estimate of drug-likeness (QED) is 0.749. The van der Waals surface area contributed by atoms with E-state index in [4.69, 9.17) is 0 Å². The van der Waals surface area contributed by atoms with Gasteiger partial charge < -0.3 is 10.0 Å². The molecule has 3 amide bonds. The maximum Gasteiger partial charge on any atom is 0.255 e. The van der Waals surface area contributed by atoms with E-state index in [1.165, 1.54) is 29.2 Å². The molecule has 0 spiro atoms. The van der Waals surface area contributed by atoms with Gasteiger partial charge in [-0.05, 0) is 30.7 Å². The van der Waals surface area contributed by atoms with Crippen molar-refractivity contribution in [2.24, 2.45) is 0 Å². The third-order valence-electron chi connectivity index (χ3n) is 3.02. The lowest BCUT2D eigenvalue weighted by Gasteiger charge is -2.33. The van der Waals surface area contributed by atoms with Gasteiger partial charge in [-0.3, -0.25) is 19.7 Å². The molecule has 1 atom stereocenters. The summed E-state index contributed by atoms with van der Waals surface area (Å²) in [6, 6.07) is 5.06. The van der Waals surface area contributed by atoms with Crippen molar-refractivity contribution in [3.05, 3.63) is 29.8 Å². The second-order valence-corrected chi connectivity index (χ2v) is 4.32. The van der Waals surface area contributed by atoms with Crippen LogP contribution in [0.1, 0.15) is 23.7 Å². The van der Waals surface area contributed by atoms with Gasteiger partial charge in [0.2, 0.25) is 11.8 Å². The minimum atomic E-state index is -0.640. The van der Waals surface area contributed by atoms with Gasteiger partial charge in [-0.25, -0.2) is 0 Å². The normalized spacial score (nSPS) is 19.2. The summed E-state index contributed by atoms with van der Waals surface area (Å²) < 4.78 is 0. The largest absolute Gasteiger partial charge is 0.508 e. The van der Waals surface area contributed by atoms with Crippen molar-refractivity contribution in [2.75, 3.05) is 6.54 Å². The summed E-state index contributed by atoms with van der Waals surface area (Å²) in [6.07, 6.45) is 0.433. The summed E-state index contributed by atoms with van der Waals surface area (Å²) in [6.45, 7) is 1.64. The number of hydrogen-bond acceptors (Lipinski definition) is 4. The molecular formula is C13H14N2O4. The second kappa shape index (κ2) is 5.09. The third kappa shape index (κ3) is 2.57. The smallest absolute Gasteiger partial charge is 0.255 e. The number of nitrogens with zero attached hydrogens (tertiary/aromatic N) is 1. The van der Waals surface area contributed by atoms with E-state index < -0.39 is 23.8 Å². The Balaban J connectivity index is 2.27. The van der Waals surface area contributed by atoms with Crippen LogP contribution in [0.25, 0.3) is 0 Å². The lowest BCUT2D eigenvalue weighted by atomic mass is 10.1. The Labute approximate surface area is 110 Å². The number of imide groups is 1. The van der Waals surface area contributed by atoms with Crippen LogP contribution in [0.4, 0.5) is 0 Å². The Morgan fingerprint density at radius 3 is 2.58 bits per heavy atom. The Morgan fingerprint density at radius 2 is 2.00 bits per heavy atom. The molecule has 19 heavy (non-hydrogen) atoms. The highest BCUT2D eigenvalue weighted by Crippen LogP contribution is 2.16. The maximum absolute atomic E-state index is 12.3. The van der Waals surface area contributed by atoms with Crippen molar-refractivity contribution in [2.45, 2.75) is 19.4 Å².